The molecule has 0 saturated carbocycles. The van der Waals surface area contributed by atoms with Gasteiger partial charge in [-0.15, -0.1) is 0 Å². The van der Waals surface area contributed by atoms with Crippen LogP contribution in [0, 0.1) is 0 Å². The van der Waals surface area contributed by atoms with Gasteiger partial charge < -0.3 is 14.6 Å². The molecular weight excluding hydrogens is 332 g/mol. The Morgan fingerprint density at radius 3 is 2.50 bits per heavy atom. The van der Waals surface area contributed by atoms with Gasteiger partial charge >= 0.3 is 5.76 Å². The van der Waals surface area contributed by atoms with Crippen LogP contribution in [0.3, 0.4) is 0 Å². The van der Waals surface area contributed by atoms with Crippen molar-refractivity contribution in [1.82, 2.24) is 19.7 Å². The highest BCUT2D eigenvalue weighted by Gasteiger charge is 2.15. The van der Waals surface area contributed by atoms with Crippen LogP contribution >= 0.6 is 0 Å². The van der Waals surface area contributed by atoms with E-state index in [0.717, 1.165) is 44.8 Å². The van der Waals surface area contributed by atoms with E-state index >= 15 is 0 Å². The second kappa shape index (κ2) is 8.82. The number of nitrogens with one attached hydrogen (secondary N) is 1. The lowest BCUT2D eigenvalue weighted by Crippen LogP contribution is -2.48. The van der Waals surface area contributed by atoms with Gasteiger partial charge in [-0.05, 0) is 6.54 Å². The quantitative estimate of drug-likeness (QED) is 0.795. The normalized spacial score (nSPS) is 15.9. The molecule has 0 radical (unpaired) electrons. The average molecular weight is 358 g/mol. The van der Waals surface area contributed by atoms with Gasteiger partial charge in [0.1, 0.15) is 6.54 Å². The molecule has 2 heterocycles. The van der Waals surface area contributed by atoms with E-state index in [1.165, 1.54) is 4.57 Å². The molecule has 3 rings (SSSR count). The summed E-state index contributed by atoms with van der Waals surface area (Å²) < 4.78 is 6.54. The number of piperazine rings is 1. The molecule has 7 heteroatoms. The van der Waals surface area contributed by atoms with Crippen molar-refractivity contribution in [3.05, 3.63) is 47.1 Å². The van der Waals surface area contributed by atoms with Crippen molar-refractivity contribution in [2.75, 3.05) is 45.8 Å². The predicted molar refractivity (Wildman–Crippen MR) is 100.0 cm³/mol. The molecule has 1 saturated heterocycles. The fourth-order valence-corrected chi connectivity index (χ4v) is 3.11. The molecule has 0 bridgehead atoms. The summed E-state index contributed by atoms with van der Waals surface area (Å²) >= 11 is 0. The molecule has 1 amide bonds. The molecule has 1 aromatic heterocycles. The fraction of sp³-hybridized carbons (Fsp3) is 0.474. The van der Waals surface area contributed by atoms with E-state index in [9.17, 15) is 9.59 Å². The zero-order valence-corrected chi connectivity index (χ0v) is 15.2. The molecule has 1 N–H and O–H groups in total. The molecule has 2 aromatic rings. The minimum Gasteiger partial charge on any atom is -0.408 e. The van der Waals surface area contributed by atoms with Crippen LogP contribution in [0.25, 0.3) is 11.3 Å². The van der Waals surface area contributed by atoms with E-state index in [1.54, 1.807) is 6.20 Å². The molecule has 1 aliphatic rings. The van der Waals surface area contributed by atoms with E-state index in [1.807, 2.05) is 30.3 Å². The first kappa shape index (κ1) is 18.4. The van der Waals surface area contributed by atoms with Crippen molar-refractivity contribution in [3.8, 4) is 11.3 Å². The number of hydrogen-bond acceptors (Lipinski definition) is 5. The summed E-state index contributed by atoms with van der Waals surface area (Å²) in [5.74, 6) is -0.230. The van der Waals surface area contributed by atoms with Gasteiger partial charge in [0, 0.05) is 44.8 Å². The summed E-state index contributed by atoms with van der Waals surface area (Å²) in [6, 6.07) is 9.37. The first-order valence-electron chi connectivity index (χ1n) is 9.13. The van der Waals surface area contributed by atoms with Gasteiger partial charge in [0.05, 0.1) is 6.20 Å². The van der Waals surface area contributed by atoms with Gasteiger partial charge in [-0.25, -0.2) is 4.79 Å². The molecule has 0 atom stereocenters. The van der Waals surface area contributed by atoms with Crippen LogP contribution in [-0.2, 0) is 11.3 Å². The van der Waals surface area contributed by atoms with Gasteiger partial charge in [-0.2, -0.15) is 0 Å². The largest absolute Gasteiger partial charge is 0.419 e. The predicted octanol–water partition coefficient (Wildman–Crippen LogP) is 0.862. The van der Waals surface area contributed by atoms with E-state index < -0.39 is 5.76 Å². The van der Waals surface area contributed by atoms with Crippen LogP contribution < -0.4 is 11.1 Å². The highest BCUT2D eigenvalue weighted by molar-refractivity contribution is 5.75. The zero-order valence-electron chi connectivity index (χ0n) is 15.2. The first-order chi connectivity index (χ1) is 12.7. The van der Waals surface area contributed by atoms with Crippen molar-refractivity contribution < 1.29 is 9.21 Å². The summed E-state index contributed by atoms with van der Waals surface area (Å²) in [6.45, 7) is 8.89. The summed E-state index contributed by atoms with van der Waals surface area (Å²) in [5.41, 5.74) is 0.815. The summed E-state index contributed by atoms with van der Waals surface area (Å²) in [6.07, 6.45) is 1.58. The minimum absolute atomic E-state index is 0.0290. The lowest BCUT2D eigenvalue weighted by molar-refractivity contribution is -0.121. The maximum Gasteiger partial charge on any atom is 0.419 e. The van der Waals surface area contributed by atoms with Crippen molar-refractivity contribution in [2.24, 2.45) is 0 Å². The Hall–Kier alpha value is -2.38. The van der Waals surface area contributed by atoms with Crippen LogP contribution in [0.1, 0.15) is 6.92 Å². The van der Waals surface area contributed by atoms with Crippen molar-refractivity contribution >= 4 is 5.91 Å². The van der Waals surface area contributed by atoms with Crippen LogP contribution in [0.5, 0.6) is 0 Å². The van der Waals surface area contributed by atoms with Crippen LogP contribution in [-0.4, -0.2) is 66.1 Å². The lowest BCUT2D eigenvalue weighted by Gasteiger charge is -2.33. The van der Waals surface area contributed by atoms with Crippen molar-refractivity contribution in [3.63, 3.8) is 0 Å². The molecule has 1 aromatic carbocycles. The second-order valence-corrected chi connectivity index (χ2v) is 6.48. The molecule has 7 nitrogen and oxygen atoms in total. The van der Waals surface area contributed by atoms with Crippen molar-refractivity contribution in [2.45, 2.75) is 13.5 Å². The van der Waals surface area contributed by atoms with Gasteiger partial charge in [-0.1, -0.05) is 37.3 Å². The number of oxazole rings is 1. The van der Waals surface area contributed by atoms with Crippen LogP contribution in [0.15, 0.2) is 45.7 Å². The molecular formula is C19H26N4O3. The van der Waals surface area contributed by atoms with Gasteiger partial charge in [-0.3, -0.25) is 14.3 Å². The number of amides is 1. The number of benzene rings is 1. The summed E-state index contributed by atoms with van der Waals surface area (Å²) in [7, 11) is 0. The van der Waals surface area contributed by atoms with Gasteiger partial charge in [0.2, 0.25) is 5.91 Å². The van der Waals surface area contributed by atoms with Gasteiger partial charge in [0.25, 0.3) is 0 Å². The number of aromatic nitrogens is 1. The van der Waals surface area contributed by atoms with Gasteiger partial charge in [0.15, 0.2) is 5.76 Å². The molecule has 140 valence electrons. The first-order valence-corrected chi connectivity index (χ1v) is 9.13. The molecule has 26 heavy (non-hydrogen) atoms. The minimum atomic E-state index is -0.519. The van der Waals surface area contributed by atoms with E-state index in [-0.39, 0.29) is 12.5 Å². The molecule has 0 spiro atoms. The Morgan fingerprint density at radius 1 is 1.12 bits per heavy atom. The Bertz CT molecular complexity index is 761. The van der Waals surface area contributed by atoms with E-state index in [0.29, 0.717) is 12.3 Å². The Morgan fingerprint density at radius 2 is 1.81 bits per heavy atom. The van der Waals surface area contributed by atoms with E-state index in [4.69, 9.17) is 4.42 Å². The summed E-state index contributed by atoms with van der Waals surface area (Å²) in [4.78, 5) is 28.8. The zero-order chi connectivity index (χ0) is 18.4. The fourth-order valence-electron chi connectivity index (χ4n) is 3.11. The molecule has 0 aliphatic carbocycles. The molecule has 1 fully saturated rings. The standard InChI is InChI=1S/C19H26N4O3/c1-2-21-10-12-22(13-11-21)9-8-20-18(24)15-23-14-17(26-19(23)25)16-6-4-3-5-7-16/h3-7,14H,2,8-13,15H2,1H3,(H,20,24). The van der Waals surface area contributed by atoms with Crippen LogP contribution in [0.4, 0.5) is 0 Å². The third kappa shape index (κ3) is 4.83. The number of rotatable bonds is 7. The number of carbonyl (C=O) groups excluding carboxylic acids is 1. The highest BCUT2D eigenvalue weighted by atomic mass is 16.4. The monoisotopic (exact) mass is 358 g/mol. The average Bonchev–Trinajstić information content (AvgIpc) is 3.03. The smallest absolute Gasteiger partial charge is 0.408 e. The topological polar surface area (TPSA) is 70.7 Å². The number of likely N-dealkylation sites (N-methyl/N-ethyl adjacent to an activating group) is 1. The second-order valence-electron chi connectivity index (χ2n) is 6.48. The number of carbonyl (C=O) groups is 1. The Balaban J connectivity index is 1.45. The Kier molecular flexibility index (Phi) is 6.25. The molecule has 1 aliphatic heterocycles. The van der Waals surface area contributed by atoms with E-state index in [2.05, 4.69) is 22.0 Å². The maximum absolute atomic E-state index is 12.1. The summed E-state index contributed by atoms with van der Waals surface area (Å²) in [5, 5.41) is 2.88. The van der Waals surface area contributed by atoms with Crippen molar-refractivity contribution in [1.29, 1.82) is 0 Å². The van der Waals surface area contributed by atoms with Crippen LogP contribution in [0.2, 0.25) is 0 Å². The lowest BCUT2D eigenvalue weighted by atomic mass is 10.2. The number of hydrogen-bond donors (Lipinski definition) is 1. The molecule has 0 unspecified atom stereocenters. The number of nitrogens with zero attached hydrogens (tertiary/aromatic N) is 3. The SMILES string of the molecule is CCN1CCN(CCNC(=O)Cn2cc(-c3ccccc3)oc2=O)CC1. The maximum atomic E-state index is 12.1. The Labute approximate surface area is 153 Å². The third-order valence-corrected chi connectivity index (χ3v) is 4.74. The highest BCUT2D eigenvalue weighted by Crippen LogP contribution is 2.16. The third-order valence-electron chi connectivity index (χ3n) is 4.74.